The van der Waals surface area contributed by atoms with E-state index in [1.165, 1.54) is 5.32 Å². The van der Waals surface area contributed by atoms with Gasteiger partial charge in [0.1, 0.15) is 0 Å². The monoisotopic (exact) mass is 520 g/mol. The molecular formula is C12H9F17N2O. The van der Waals surface area contributed by atoms with Crippen LogP contribution in [0.5, 0.6) is 0 Å². The summed E-state index contributed by atoms with van der Waals surface area (Å²) >= 11 is 0. The van der Waals surface area contributed by atoms with E-state index in [2.05, 4.69) is 5.73 Å². The molecule has 0 saturated heterocycles. The summed E-state index contributed by atoms with van der Waals surface area (Å²) in [6.07, 6.45) is -10.5. The van der Waals surface area contributed by atoms with Crippen molar-refractivity contribution in [3.8, 4) is 0 Å². The fourth-order valence-corrected chi connectivity index (χ4v) is 1.78. The van der Waals surface area contributed by atoms with Crippen molar-refractivity contribution in [1.29, 1.82) is 0 Å². The molecule has 0 aliphatic heterocycles. The van der Waals surface area contributed by atoms with Crippen LogP contribution < -0.4 is 11.1 Å². The summed E-state index contributed by atoms with van der Waals surface area (Å²) in [4.78, 5) is 10.6. The van der Waals surface area contributed by atoms with Gasteiger partial charge in [-0.25, -0.2) is 0 Å². The molecule has 0 heterocycles. The molecule has 0 fully saturated rings. The van der Waals surface area contributed by atoms with Crippen LogP contribution in [0, 0.1) is 0 Å². The lowest BCUT2D eigenvalue weighted by atomic mass is 9.88. The molecule has 3 N–H and O–H groups in total. The Kier molecular flexibility index (Phi) is 7.77. The van der Waals surface area contributed by atoms with Crippen LogP contribution in [-0.2, 0) is 4.79 Å². The highest BCUT2D eigenvalue weighted by Crippen LogP contribution is 2.64. The van der Waals surface area contributed by atoms with Gasteiger partial charge in [0.15, 0.2) is 0 Å². The SMILES string of the molecule is NCC(=O)NCCC(F)(F)C(F)(F)C(F)(F)C(F)(F)C(F)(F)C(F)(F)C(F)(F)C(F)(F)F. The van der Waals surface area contributed by atoms with Crippen LogP contribution in [0.4, 0.5) is 74.6 Å². The molecule has 0 radical (unpaired) electrons. The lowest BCUT2D eigenvalue weighted by Gasteiger charge is -2.42. The molecule has 0 aromatic heterocycles. The van der Waals surface area contributed by atoms with Gasteiger partial charge in [-0.05, 0) is 0 Å². The summed E-state index contributed by atoms with van der Waals surface area (Å²) in [6.45, 7) is -2.75. The molecule has 0 rings (SSSR count). The summed E-state index contributed by atoms with van der Waals surface area (Å²) in [5.41, 5.74) is 4.63. The Morgan fingerprint density at radius 1 is 0.562 bits per heavy atom. The summed E-state index contributed by atoms with van der Waals surface area (Å²) in [7, 11) is 0. The van der Waals surface area contributed by atoms with E-state index in [0.29, 0.717) is 0 Å². The van der Waals surface area contributed by atoms with Crippen molar-refractivity contribution in [1.82, 2.24) is 5.32 Å². The van der Waals surface area contributed by atoms with Gasteiger partial charge < -0.3 is 11.1 Å². The van der Waals surface area contributed by atoms with Crippen molar-refractivity contribution in [2.45, 2.75) is 54.1 Å². The highest BCUT2D eigenvalue weighted by atomic mass is 19.4. The van der Waals surface area contributed by atoms with Crippen LogP contribution in [0.25, 0.3) is 0 Å². The summed E-state index contributed by atoms with van der Waals surface area (Å²) in [5, 5.41) is 1.24. The normalized spacial score (nSPS) is 15.7. The first-order chi connectivity index (χ1) is 13.7. The van der Waals surface area contributed by atoms with Gasteiger partial charge in [0.25, 0.3) is 0 Å². The number of rotatable bonds is 10. The van der Waals surface area contributed by atoms with Crippen LogP contribution >= 0.6 is 0 Å². The number of halogens is 17. The molecule has 192 valence electrons. The molecule has 0 aliphatic carbocycles. The van der Waals surface area contributed by atoms with Crippen molar-refractivity contribution >= 4 is 5.91 Å². The first-order valence-corrected chi connectivity index (χ1v) is 7.39. The quantitative estimate of drug-likeness (QED) is 0.419. The number of nitrogens with two attached hydrogens (primary N) is 1. The van der Waals surface area contributed by atoms with Crippen molar-refractivity contribution in [3.05, 3.63) is 0 Å². The molecule has 0 saturated carbocycles. The summed E-state index contributed by atoms with van der Waals surface area (Å²) < 4.78 is 220. The van der Waals surface area contributed by atoms with Crippen molar-refractivity contribution in [3.63, 3.8) is 0 Å². The maximum absolute atomic E-state index is 13.4. The van der Waals surface area contributed by atoms with Crippen LogP contribution in [0.15, 0.2) is 0 Å². The molecule has 0 bridgehead atoms. The van der Waals surface area contributed by atoms with Gasteiger partial charge in [0.05, 0.1) is 6.54 Å². The Morgan fingerprint density at radius 2 is 0.875 bits per heavy atom. The second kappa shape index (κ2) is 8.23. The minimum absolute atomic E-state index is 0.995. The highest BCUT2D eigenvalue weighted by molar-refractivity contribution is 5.77. The van der Waals surface area contributed by atoms with Gasteiger partial charge in [-0.15, -0.1) is 0 Å². The Hall–Kier alpha value is -1.76. The molecule has 1 amide bonds. The second-order valence-electron chi connectivity index (χ2n) is 5.95. The minimum Gasteiger partial charge on any atom is -0.355 e. The fraction of sp³-hybridized carbons (Fsp3) is 0.917. The number of alkyl halides is 17. The lowest BCUT2D eigenvalue weighted by Crippen LogP contribution is -2.74. The van der Waals surface area contributed by atoms with Gasteiger partial charge in [-0.3, -0.25) is 4.79 Å². The molecular weight excluding hydrogens is 511 g/mol. The summed E-state index contributed by atoms with van der Waals surface area (Å²) in [6, 6.07) is 0. The highest BCUT2D eigenvalue weighted by Gasteiger charge is 2.95. The maximum Gasteiger partial charge on any atom is 0.460 e. The van der Waals surface area contributed by atoms with Crippen molar-refractivity contribution in [2.75, 3.05) is 13.1 Å². The molecule has 0 aromatic rings. The van der Waals surface area contributed by atoms with E-state index in [1.54, 1.807) is 0 Å². The third-order valence-corrected chi connectivity index (χ3v) is 3.73. The van der Waals surface area contributed by atoms with E-state index in [0.717, 1.165) is 0 Å². The van der Waals surface area contributed by atoms with Crippen LogP contribution in [-0.4, -0.2) is 66.6 Å². The first-order valence-electron chi connectivity index (χ1n) is 7.39. The number of hydrogen-bond acceptors (Lipinski definition) is 2. The number of hydrogen-bond donors (Lipinski definition) is 2. The van der Waals surface area contributed by atoms with Gasteiger partial charge in [-0.2, -0.15) is 74.6 Å². The van der Waals surface area contributed by atoms with Gasteiger partial charge in [0.2, 0.25) is 5.91 Å². The van der Waals surface area contributed by atoms with Crippen LogP contribution in [0.3, 0.4) is 0 Å². The fourth-order valence-electron chi connectivity index (χ4n) is 1.78. The van der Waals surface area contributed by atoms with Crippen LogP contribution in [0.1, 0.15) is 6.42 Å². The Labute approximate surface area is 165 Å². The molecule has 0 atom stereocenters. The average molecular weight is 520 g/mol. The summed E-state index contributed by atoms with van der Waals surface area (Å²) in [5.74, 6) is -58.0. The Morgan fingerprint density at radius 3 is 1.19 bits per heavy atom. The number of carbonyl (C=O) groups is 1. The molecule has 0 aromatic carbocycles. The second-order valence-corrected chi connectivity index (χ2v) is 5.95. The van der Waals surface area contributed by atoms with Gasteiger partial charge in [0, 0.05) is 13.0 Å². The van der Waals surface area contributed by atoms with Crippen molar-refractivity contribution in [2.24, 2.45) is 5.73 Å². The predicted octanol–water partition coefficient (Wildman–Crippen LogP) is 4.46. The third-order valence-electron chi connectivity index (χ3n) is 3.73. The zero-order valence-corrected chi connectivity index (χ0v) is 14.5. The largest absolute Gasteiger partial charge is 0.460 e. The standard InChI is InChI=1S/C12H9F17N2O/c13-5(14,1-2-31-4(32)3-30)6(15,16)7(17,18)8(19,20)9(21,22)10(23,24)11(25,26)12(27,28)29/h1-3,30H2,(H,31,32). The predicted molar refractivity (Wildman–Crippen MR) is 67.4 cm³/mol. The smallest absolute Gasteiger partial charge is 0.355 e. The zero-order chi connectivity index (χ0) is 26.4. The average Bonchev–Trinajstić information content (AvgIpc) is 2.59. The molecule has 0 aliphatic rings. The Balaban J connectivity index is 6.38. The molecule has 0 spiro atoms. The third kappa shape index (κ3) is 4.25. The molecule has 3 nitrogen and oxygen atoms in total. The van der Waals surface area contributed by atoms with E-state index in [1.807, 2.05) is 0 Å². The van der Waals surface area contributed by atoms with E-state index < -0.39 is 73.1 Å². The van der Waals surface area contributed by atoms with E-state index in [4.69, 9.17) is 0 Å². The minimum atomic E-state index is -8.66. The number of nitrogens with one attached hydrogen (secondary N) is 1. The molecule has 32 heavy (non-hydrogen) atoms. The van der Waals surface area contributed by atoms with Gasteiger partial charge in [-0.1, -0.05) is 0 Å². The van der Waals surface area contributed by atoms with E-state index >= 15 is 0 Å². The van der Waals surface area contributed by atoms with Gasteiger partial charge >= 0.3 is 47.6 Å². The van der Waals surface area contributed by atoms with Crippen LogP contribution in [0.2, 0.25) is 0 Å². The maximum atomic E-state index is 13.4. The first kappa shape index (κ1) is 30.2. The van der Waals surface area contributed by atoms with E-state index in [-0.39, 0.29) is 0 Å². The molecule has 20 heteroatoms. The topological polar surface area (TPSA) is 55.1 Å². The number of amides is 1. The zero-order valence-electron chi connectivity index (χ0n) is 14.5. The lowest BCUT2D eigenvalue weighted by molar-refractivity contribution is -0.461. The number of carbonyl (C=O) groups excluding carboxylic acids is 1. The Bertz CT molecular complexity index is 684. The van der Waals surface area contributed by atoms with Crippen molar-refractivity contribution < 1.29 is 79.4 Å². The molecule has 0 unspecified atom stereocenters. The van der Waals surface area contributed by atoms with E-state index in [9.17, 15) is 79.4 Å².